The highest BCUT2D eigenvalue weighted by Crippen LogP contribution is 2.34. The number of nitrogens with one attached hydrogen (secondary N) is 2. The highest BCUT2D eigenvalue weighted by atomic mass is 35.5. The number of carbonyl (C=O) groups excluding carboxylic acids is 3. The predicted molar refractivity (Wildman–Crippen MR) is 160 cm³/mol. The summed E-state index contributed by atoms with van der Waals surface area (Å²) in [6.45, 7) is 3.82. The van der Waals surface area contributed by atoms with Crippen molar-refractivity contribution in [3.63, 3.8) is 0 Å². The normalized spacial score (nSPS) is 19.8. The van der Waals surface area contributed by atoms with Gasteiger partial charge in [0, 0.05) is 30.6 Å². The maximum Gasteiger partial charge on any atom is 0.406 e. The molecule has 10 nitrogen and oxygen atoms in total. The van der Waals surface area contributed by atoms with Gasteiger partial charge in [0.1, 0.15) is 0 Å². The van der Waals surface area contributed by atoms with Crippen molar-refractivity contribution in [1.29, 1.82) is 0 Å². The molecule has 2 aliphatic rings. The zero-order valence-corrected chi connectivity index (χ0v) is 25.8. The van der Waals surface area contributed by atoms with Gasteiger partial charge in [0.2, 0.25) is 0 Å². The Morgan fingerprint density at radius 2 is 1.90 bits per heavy atom. The van der Waals surface area contributed by atoms with Gasteiger partial charge in [-0.2, -0.15) is 0 Å². The first-order valence-corrected chi connectivity index (χ1v) is 15.8. The third kappa shape index (κ3) is 11.3. The van der Waals surface area contributed by atoms with Crippen LogP contribution in [0.5, 0.6) is 0 Å². The summed E-state index contributed by atoms with van der Waals surface area (Å²) in [4.78, 5) is 39.1. The Morgan fingerprint density at radius 3 is 2.62 bits per heavy atom. The third-order valence-electron chi connectivity index (χ3n) is 8.13. The van der Waals surface area contributed by atoms with Crippen LogP contribution in [0.3, 0.4) is 0 Å². The fourth-order valence-corrected chi connectivity index (χ4v) is 6.17. The number of amides is 3. The average molecular weight is 610 g/mol. The molecular formula is C31H48ClN3O7. The molecule has 236 valence electrons. The van der Waals surface area contributed by atoms with Crippen molar-refractivity contribution in [1.82, 2.24) is 15.5 Å². The molecule has 3 rings (SSSR count). The summed E-state index contributed by atoms with van der Waals surface area (Å²) < 4.78 is 16.1. The van der Waals surface area contributed by atoms with E-state index < -0.39 is 24.2 Å². The van der Waals surface area contributed by atoms with Gasteiger partial charge in [0.25, 0.3) is 0 Å². The van der Waals surface area contributed by atoms with Gasteiger partial charge in [-0.3, -0.25) is 4.79 Å². The molecule has 2 fully saturated rings. The number of piperidine rings is 1. The number of carbonyl (C=O) groups is 3. The second kappa shape index (κ2) is 18.2. The molecule has 1 aliphatic heterocycles. The van der Waals surface area contributed by atoms with Crippen molar-refractivity contribution >= 4 is 29.7 Å². The Kier molecular flexibility index (Phi) is 14.7. The summed E-state index contributed by atoms with van der Waals surface area (Å²) in [5.74, 6) is -0.0565. The molecule has 0 radical (unpaired) electrons. The summed E-state index contributed by atoms with van der Waals surface area (Å²) in [5, 5.41) is 17.3. The van der Waals surface area contributed by atoms with Gasteiger partial charge in [-0.25, -0.2) is 9.59 Å². The number of halogens is 1. The van der Waals surface area contributed by atoms with Crippen LogP contribution in [0, 0.1) is 11.8 Å². The van der Waals surface area contributed by atoms with Gasteiger partial charge in [0.05, 0.1) is 45.0 Å². The Hall–Kier alpha value is -2.56. The smallest absolute Gasteiger partial charge is 0.406 e. The van der Waals surface area contributed by atoms with Crippen LogP contribution >= 0.6 is 11.6 Å². The van der Waals surface area contributed by atoms with Gasteiger partial charge in [-0.15, -0.1) is 0 Å². The first-order valence-electron chi connectivity index (χ1n) is 15.4. The van der Waals surface area contributed by atoms with Crippen LogP contribution in [0.1, 0.15) is 82.8 Å². The number of aliphatic hydroxyl groups excluding tert-OH is 1. The van der Waals surface area contributed by atoms with E-state index >= 15 is 0 Å². The van der Waals surface area contributed by atoms with E-state index in [-0.39, 0.29) is 37.6 Å². The van der Waals surface area contributed by atoms with Gasteiger partial charge < -0.3 is 34.9 Å². The number of methoxy groups -OCH3 is 1. The minimum atomic E-state index is -1.02. The molecule has 3 N–H and O–H groups in total. The van der Waals surface area contributed by atoms with E-state index in [4.69, 9.17) is 21.1 Å². The van der Waals surface area contributed by atoms with Crippen molar-refractivity contribution in [3.05, 3.63) is 34.9 Å². The van der Waals surface area contributed by atoms with E-state index in [0.717, 1.165) is 44.1 Å². The number of aliphatic hydroxyl groups is 1. The molecule has 0 bridgehead atoms. The number of nitrogens with zero attached hydrogens (tertiary/aromatic N) is 1. The molecule has 0 aromatic heterocycles. The van der Waals surface area contributed by atoms with Crippen LogP contribution in [0.4, 0.5) is 9.59 Å². The molecule has 3 amide bonds. The molecule has 1 saturated carbocycles. The number of urea groups is 1. The molecule has 1 heterocycles. The molecule has 4 unspecified atom stereocenters. The molecule has 0 spiro atoms. The maximum absolute atomic E-state index is 13.6. The maximum atomic E-state index is 13.6. The molecule has 1 saturated heterocycles. The lowest BCUT2D eigenvalue weighted by molar-refractivity contribution is -0.146. The minimum Gasteiger partial charge on any atom is -0.466 e. The number of hydrogen-bond acceptors (Lipinski definition) is 7. The highest BCUT2D eigenvalue weighted by molar-refractivity contribution is 6.30. The number of likely N-dealkylation sites (tertiary alicyclic amines) is 1. The second-order valence-electron chi connectivity index (χ2n) is 11.4. The molecule has 11 heteroatoms. The summed E-state index contributed by atoms with van der Waals surface area (Å²) in [6.07, 6.45) is 6.58. The SMILES string of the molecule is CCCOC(=O)CC(O)C(CC1CCCCC1)NC(=O)N1CCCC(C(OCCNC(=O)OC)c2cccc(Cl)c2)C1. The fourth-order valence-electron chi connectivity index (χ4n) is 5.97. The van der Waals surface area contributed by atoms with Crippen molar-refractivity contribution in [2.24, 2.45) is 11.8 Å². The van der Waals surface area contributed by atoms with E-state index in [2.05, 4.69) is 15.4 Å². The number of rotatable bonds is 14. The van der Waals surface area contributed by atoms with Crippen LogP contribution in [-0.2, 0) is 19.0 Å². The Labute approximate surface area is 254 Å². The second-order valence-corrected chi connectivity index (χ2v) is 11.8. The Balaban J connectivity index is 1.68. The molecule has 1 aromatic carbocycles. The predicted octanol–water partition coefficient (Wildman–Crippen LogP) is 5.22. The number of alkyl carbamates (subject to hydrolysis) is 1. The summed E-state index contributed by atoms with van der Waals surface area (Å²) >= 11 is 6.30. The fraction of sp³-hybridized carbons (Fsp3) is 0.710. The summed E-state index contributed by atoms with van der Waals surface area (Å²) in [7, 11) is 1.31. The zero-order chi connectivity index (χ0) is 30.3. The van der Waals surface area contributed by atoms with E-state index in [1.807, 2.05) is 25.1 Å². The zero-order valence-electron chi connectivity index (χ0n) is 25.0. The Morgan fingerprint density at radius 1 is 1.12 bits per heavy atom. The van der Waals surface area contributed by atoms with Crippen molar-refractivity contribution in [2.75, 3.05) is 40.0 Å². The average Bonchev–Trinajstić information content (AvgIpc) is 3.00. The van der Waals surface area contributed by atoms with E-state index in [1.54, 1.807) is 11.0 Å². The monoisotopic (exact) mass is 609 g/mol. The van der Waals surface area contributed by atoms with E-state index in [1.165, 1.54) is 13.5 Å². The van der Waals surface area contributed by atoms with Crippen molar-refractivity contribution < 1.29 is 33.7 Å². The van der Waals surface area contributed by atoms with Crippen molar-refractivity contribution in [2.45, 2.75) is 89.4 Å². The van der Waals surface area contributed by atoms with Gasteiger partial charge in [-0.1, -0.05) is 62.8 Å². The van der Waals surface area contributed by atoms with Gasteiger partial charge >= 0.3 is 18.1 Å². The number of benzene rings is 1. The highest BCUT2D eigenvalue weighted by Gasteiger charge is 2.34. The topological polar surface area (TPSA) is 126 Å². The van der Waals surface area contributed by atoms with Crippen LogP contribution in [-0.4, -0.2) is 80.2 Å². The molecular weight excluding hydrogens is 562 g/mol. The third-order valence-corrected chi connectivity index (χ3v) is 8.37. The van der Waals surface area contributed by atoms with Gasteiger partial charge in [0.15, 0.2) is 0 Å². The van der Waals surface area contributed by atoms with E-state index in [0.29, 0.717) is 43.5 Å². The minimum absolute atomic E-state index is 0.00756. The molecule has 4 atom stereocenters. The summed E-state index contributed by atoms with van der Waals surface area (Å²) in [6, 6.07) is 6.71. The number of hydrogen-bond donors (Lipinski definition) is 3. The lowest BCUT2D eigenvalue weighted by atomic mass is 9.83. The quantitative estimate of drug-likeness (QED) is 0.195. The van der Waals surface area contributed by atoms with Gasteiger partial charge in [-0.05, 0) is 49.3 Å². The van der Waals surface area contributed by atoms with Crippen LogP contribution in [0.25, 0.3) is 0 Å². The number of esters is 1. The lowest BCUT2D eigenvalue weighted by Crippen LogP contribution is -2.53. The van der Waals surface area contributed by atoms with E-state index in [9.17, 15) is 19.5 Å². The lowest BCUT2D eigenvalue weighted by Gasteiger charge is -2.38. The molecule has 1 aromatic rings. The molecule has 42 heavy (non-hydrogen) atoms. The summed E-state index contributed by atoms with van der Waals surface area (Å²) in [5.41, 5.74) is 0.906. The molecule has 1 aliphatic carbocycles. The first-order chi connectivity index (χ1) is 20.3. The van der Waals surface area contributed by atoms with Crippen LogP contribution < -0.4 is 10.6 Å². The standard InChI is InChI=1S/C31H48ClN3O7/c1-3-16-41-28(37)20-27(36)26(18-22-9-5-4-6-10-22)34-30(38)35-15-8-12-24(21-35)29(23-11-7-13-25(32)19-23)42-17-14-33-31(39)40-2/h7,11,13,19,22,24,26-27,29,36H,3-6,8-10,12,14-18,20-21H2,1-2H3,(H,33,39)(H,34,38). The first kappa shape index (κ1) is 33.9. The van der Waals surface area contributed by atoms with Crippen LogP contribution in [0.15, 0.2) is 24.3 Å². The largest absolute Gasteiger partial charge is 0.466 e. The number of ether oxygens (including phenoxy) is 3. The Bertz CT molecular complexity index is 991. The van der Waals surface area contributed by atoms with Crippen LogP contribution in [0.2, 0.25) is 5.02 Å². The van der Waals surface area contributed by atoms with Crippen molar-refractivity contribution in [3.8, 4) is 0 Å².